The summed E-state index contributed by atoms with van der Waals surface area (Å²) in [5.74, 6) is -0.431. The number of hydrogen-bond acceptors (Lipinski definition) is 5. The number of nitrogen functional groups attached to an aromatic ring is 1. The first kappa shape index (κ1) is 12.6. The van der Waals surface area contributed by atoms with Crippen molar-refractivity contribution in [1.82, 2.24) is 9.97 Å². The molecule has 0 saturated heterocycles. The summed E-state index contributed by atoms with van der Waals surface area (Å²) in [6, 6.07) is 5.50. The van der Waals surface area contributed by atoms with Gasteiger partial charge < -0.3 is 15.8 Å². The lowest BCUT2D eigenvalue weighted by molar-refractivity contribution is 0.277. The topological polar surface area (TPSA) is 92.0 Å². The maximum absolute atomic E-state index is 13.6. The molecule has 0 unspecified atom stereocenters. The SMILES string of the molecule is Nc1cc(=O)[nH]c(Sc2c(F)cccc2CO)n1. The van der Waals surface area contributed by atoms with E-state index in [1.807, 2.05) is 0 Å². The summed E-state index contributed by atoms with van der Waals surface area (Å²) >= 11 is 0.912. The van der Waals surface area contributed by atoms with Crippen LogP contribution in [0.3, 0.4) is 0 Å². The van der Waals surface area contributed by atoms with Crippen LogP contribution >= 0.6 is 11.8 Å². The molecule has 0 fully saturated rings. The Morgan fingerprint density at radius 1 is 1.50 bits per heavy atom. The zero-order valence-corrected chi connectivity index (χ0v) is 10.00. The Labute approximate surface area is 106 Å². The molecule has 4 N–H and O–H groups in total. The Morgan fingerprint density at radius 2 is 2.28 bits per heavy atom. The van der Waals surface area contributed by atoms with Gasteiger partial charge >= 0.3 is 0 Å². The lowest BCUT2D eigenvalue weighted by Crippen LogP contribution is -2.09. The second-order valence-corrected chi connectivity index (χ2v) is 4.46. The normalized spacial score (nSPS) is 10.6. The average molecular weight is 267 g/mol. The molecular formula is C11H10FN3O2S. The van der Waals surface area contributed by atoms with E-state index in [0.717, 1.165) is 17.8 Å². The number of aromatic nitrogens is 2. The van der Waals surface area contributed by atoms with Crippen molar-refractivity contribution in [1.29, 1.82) is 0 Å². The quantitative estimate of drug-likeness (QED) is 0.725. The van der Waals surface area contributed by atoms with Crippen LogP contribution in [0.15, 0.2) is 39.1 Å². The van der Waals surface area contributed by atoms with Crippen LogP contribution < -0.4 is 11.3 Å². The van der Waals surface area contributed by atoms with E-state index in [0.29, 0.717) is 5.56 Å². The fourth-order valence-corrected chi connectivity index (χ4v) is 2.32. The molecule has 1 heterocycles. The third kappa shape index (κ3) is 2.69. The molecule has 0 radical (unpaired) electrons. The van der Waals surface area contributed by atoms with Crippen molar-refractivity contribution in [3.8, 4) is 0 Å². The minimum Gasteiger partial charge on any atom is -0.392 e. The van der Waals surface area contributed by atoms with Crippen molar-refractivity contribution in [2.45, 2.75) is 16.7 Å². The predicted octanol–water partition coefficient (Wildman–Crippen LogP) is 1.13. The summed E-state index contributed by atoms with van der Waals surface area (Å²) in [7, 11) is 0. The van der Waals surface area contributed by atoms with E-state index in [4.69, 9.17) is 10.8 Å². The van der Waals surface area contributed by atoms with Crippen LogP contribution in [0.25, 0.3) is 0 Å². The van der Waals surface area contributed by atoms with Gasteiger partial charge in [-0.25, -0.2) is 9.37 Å². The third-order valence-corrected chi connectivity index (χ3v) is 3.21. The first-order chi connectivity index (χ1) is 8.60. The number of halogens is 1. The molecule has 2 aromatic rings. The van der Waals surface area contributed by atoms with Crippen molar-refractivity contribution in [2.24, 2.45) is 0 Å². The fraction of sp³-hybridized carbons (Fsp3) is 0.0909. The van der Waals surface area contributed by atoms with Crippen LogP contribution in [0.2, 0.25) is 0 Å². The predicted molar refractivity (Wildman–Crippen MR) is 65.7 cm³/mol. The maximum Gasteiger partial charge on any atom is 0.253 e. The smallest absolute Gasteiger partial charge is 0.253 e. The van der Waals surface area contributed by atoms with Gasteiger partial charge in [-0.3, -0.25) is 4.79 Å². The summed E-state index contributed by atoms with van der Waals surface area (Å²) in [6.45, 7) is -0.299. The molecule has 0 atom stereocenters. The van der Waals surface area contributed by atoms with Gasteiger partial charge in [-0.1, -0.05) is 12.1 Å². The molecule has 0 aliphatic heterocycles. The molecule has 1 aromatic heterocycles. The molecule has 7 heteroatoms. The molecule has 0 bridgehead atoms. The highest BCUT2D eigenvalue weighted by Gasteiger charge is 2.11. The number of hydrogen-bond donors (Lipinski definition) is 3. The van der Waals surface area contributed by atoms with Gasteiger partial charge in [-0.05, 0) is 23.4 Å². The number of rotatable bonds is 3. The summed E-state index contributed by atoms with van der Waals surface area (Å²) in [5.41, 5.74) is 5.45. The van der Waals surface area contributed by atoms with Crippen LogP contribution in [0.4, 0.5) is 10.2 Å². The average Bonchev–Trinajstić information content (AvgIpc) is 2.30. The highest BCUT2D eigenvalue weighted by atomic mass is 32.2. The number of H-pyrrole nitrogens is 1. The largest absolute Gasteiger partial charge is 0.392 e. The van der Waals surface area contributed by atoms with Crippen molar-refractivity contribution in [3.63, 3.8) is 0 Å². The van der Waals surface area contributed by atoms with E-state index in [1.165, 1.54) is 12.1 Å². The zero-order chi connectivity index (χ0) is 13.1. The Morgan fingerprint density at radius 3 is 2.94 bits per heavy atom. The number of aliphatic hydroxyl groups excluding tert-OH is 1. The zero-order valence-electron chi connectivity index (χ0n) is 9.18. The molecular weight excluding hydrogens is 257 g/mol. The number of nitrogens with two attached hydrogens (primary N) is 1. The number of nitrogens with one attached hydrogen (secondary N) is 1. The van der Waals surface area contributed by atoms with Crippen LogP contribution in [0.5, 0.6) is 0 Å². The maximum atomic E-state index is 13.6. The van der Waals surface area contributed by atoms with Gasteiger partial charge in [0, 0.05) is 6.07 Å². The Bertz CT molecular complexity index is 630. The number of aliphatic hydroxyl groups is 1. The summed E-state index contributed by atoms with van der Waals surface area (Å²) in [5, 5.41) is 9.31. The Kier molecular flexibility index (Phi) is 3.63. The van der Waals surface area contributed by atoms with Gasteiger partial charge in [0.15, 0.2) is 5.16 Å². The Balaban J connectivity index is 2.42. The molecule has 0 aliphatic rings. The second-order valence-electron chi connectivity index (χ2n) is 3.46. The molecule has 1 aromatic carbocycles. The fourth-order valence-electron chi connectivity index (χ4n) is 1.39. The van der Waals surface area contributed by atoms with Crippen LogP contribution in [0, 0.1) is 5.82 Å². The van der Waals surface area contributed by atoms with Gasteiger partial charge in [0.1, 0.15) is 11.6 Å². The van der Waals surface area contributed by atoms with E-state index in [1.54, 1.807) is 6.07 Å². The first-order valence-electron chi connectivity index (χ1n) is 5.03. The summed E-state index contributed by atoms with van der Waals surface area (Å²) < 4.78 is 13.6. The summed E-state index contributed by atoms with van der Waals surface area (Å²) in [6.07, 6.45) is 0. The highest BCUT2D eigenvalue weighted by Crippen LogP contribution is 2.30. The van der Waals surface area contributed by atoms with E-state index in [2.05, 4.69) is 9.97 Å². The summed E-state index contributed by atoms with van der Waals surface area (Å²) in [4.78, 5) is 17.8. The minimum atomic E-state index is -0.489. The van der Waals surface area contributed by atoms with Crippen molar-refractivity contribution in [3.05, 3.63) is 46.0 Å². The van der Waals surface area contributed by atoms with E-state index in [9.17, 15) is 9.18 Å². The molecule has 2 rings (SSSR count). The van der Waals surface area contributed by atoms with Crippen LogP contribution in [-0.2, 0) is 6.61 Å². The highest BCUT2D eigenvalue weighted by molar-refractivity contribution is 7.99. The molecule has 5 nitrogen and oxygen atoms in total. The van der Waals surface area contributed by atoms with Gasteiger partial charge in [0.25, 0.3) is 5.56 Å². The van der Waals surface area contributed by atoms with E-state index in [-0.39, 0.29) is 22.5 Å². The lowest BCUT2D eigenvalue weighted by atomic mass is 10.2. The number of nitrogens with zero attached hydrogens (tertiary/aromatic N) is 1. The number of anilines is 1. The van der Waals surface area contributed by atoms with E-state index < -0.39 is 11.4 Å². The third-order valence-electron chi connectivity index (χ3n) is 2.16. The van der Waals surface area contributed by atoms with E-state index >= 15 is 0 Å². The molecule has 0 amide bonds. The monoisotopic (exact) mass is 267 g/mol. The van der Waals surface area contributed by atoms with Crippen molar-refractivity contribution < 1.29 is 9.50 Å². The van der Waals surface area contributed by atoms with Gasteiger partial charge in [0.05, 0.1) is 11.5 Å². The van der Waals surface area contributed by atoms with Crippen molar-refractivity contribution >= 4 is 17.6 Å². The number of benzene rings is 1. The van der Waals surface area contributed by atoms with Gasteiger partial charge in [-0.15, -0.1) is 0 Å². The minimum absolute atomic E-state index is 0.0585. The molecule has 94 valence electrons. The Hall–Kier alpha value is -1.86. The molecule has 18 heavy (non-hydrogen) atoms. The first-order valence-corrected chi connectivity index (χ1v) is 5.84. The second kappa shape index (κ2) is 5.19. The van der Waals surface area contributed by atoms with Crippen LogP contribution in [-0.4, -0.2) is 15.1 Å². The van der Waals surface area contributed by atoms with Crippen molar-refractivity contribution in [2.75, 3.05) is 5.73 Å². The number of aromatic amines is 1. The van der Waals surface area contributed by atoms with Gasteiger partial charge in [-0.2, -0.15) is 0 Å². The van der Waals surface area contributed by atoms with Crippen LogP contribution in [0.1, 0.15) is 5.56 Å². The molecule has 0 spiro atoms. The standard InChI is InChI=1S/C11H10FN3O2S/c12-7-3-1-2-6(5-16)10(7)18-11-14-8(13)4-9(17)15-11/h1-4,16H,5H2,(H3,13,14,15,17). The molecule has 0 aliphatic carbocycles. The van der Waals surface area contributed by atoms with Gasteiger partial charge in [0.2, 0.25) is 0 Å². The molecule has 0 saturated carbocycles. The lowest BCUT2D eigenvalue weighted by Gasteiger charge is -2.07.